The summed E-state index contributed by atoms with van der Waals surface area (Å²) >= 11 is 6.32. The Morgan fingerprint density at radius 3 is 2.68 bits per heavy atom. The fraction of sp³-hybridized carbons (Fsp3) is 0.480. The second-order valence-corrected chi connectivity index (χ2v) is 9.09. The van der Waals surface area contributed by atoms with E-state index in [2.05, 4.69) is 51.9 Å². The number of halogens is 1. The minimum Gasteiger partial charge on any atom is -0.331 e. The summed E-state index contributed by atoms with van der Waals surface area (Å²) in [5.74, 6) is 0.370. The molecule has 0 spiro atoms. The lowest BCUT2D eigenvalue weighted by Gasteiger charge is -2.39. The number of likely N-dealkylation sites (tertiary alicyclic amines) is 1. The third kappa shape index (κ3) is 6.22. The van der Waals surface area contributed by atoms with Gasteiger partial charge in [-0.2, -0.15) is 0 Å². The largest absolute Gasteiger partial charge is 0.331 e. The number of benzene rings is 2. The maximum absolute atomic E-state index is 13.0. The van der Waals surface area contributed by atoms with Gasteiger partial charge in [0.25, 0.3) is 0 Å². The van der Waals surface area contributed by atoms with Gasteiger partial charge in [-0.3, -0.25) is 0 Å². The first-order valence-corrected chi connectivity index (χ1v) is 11.8. The standard InChI is InChI=1S/C25H33ClN4O/c26-23-10-4-8-21(18-23)24(28-25(31)30-16-12-27-13-17-30)22-9-5-14-29(19-22)15-11-20-6-2-1-3-7-20/h1-4,6-8,10,18,22,24,27H,5,9,11-17,19H2,(H,28,31)/t22-,24?/m1/s1. The van der Waals surface area contributed by atoms with E-state index in [-0.39, 0.29) is 12.1 Å². The molecule has 0 radical (unpaired) electrons. The summed E-state index contributed by atoms with van der Waals surface area (Å²) in [6, 6.07) is 18.7. The highest BCUT2D eigenvalue weighted by Crippen LogP contribution is 2.31. The maximum Gasteiger partial charge on any atom is 0.317 e. The maximum atomic E-state index is 13.0. The summed E-state index contributed by atoms with van der Waals surface area (Å²) in [5, 5.41) is 7.40. The average Bonchev–Trinajstić information content (AvgIpc) is 2.82. The Labute approximate surface area is 190 Å². The summed E-state index contributed by atoms with van der Waals surface area (Å²) in [6.45, 7) is 6.37. The van der Waals surface area contributed by atoms with Gasteiger partial charge in [-0.15, -0.1) is 0 Å². The summed E-state index contributed by atoms with van der Waals surface area (Å²) in [4.78, 5) is 17.5. The Bertz CT molecular complexity index is 840. The first-order chi connectivity index (χ1) is 15.2. The van der Waals surface area contributed by atoms with Crippen LogP contribution < -0.4 is 10.6 Å². The molecule has 2 amide bonds. The fourth-order valence-electron chi connectivity index (χ4n) is 4.76. The van der Waals surface area contributed by atoms with Gasteiger partial charge in [-0.25, -0.2) is 4.79 Å². The predicted molar refractivity (Wildman–Crippen MR) is 126 cm³/mol. The van der Waals surface area contributed by atoms with Gasteiger partial charge in [-0.1, -0.05) is 54.1 Å². The molecule has 2 heterocycles. The zero-order valence-electron chi connectivity index (χ0n) is 18.1. The summed E-state index contributed by atoms with van der Waals surface area (Å²) in [7, 11) is 0. The van der Waals surface area contributed by atoms with Gasteiger partial charge >= 0.3 is 6.03 Å². The molecule has 0 bridgehead atoms. The van der Waals surface area contributed by atoms with Crippen LogP contribution in [0.25, 0.3) is 0 Å². The quantitative estimate of drug-likeness (QED) is 0.715. The lowest BCUT2D eigenvalue weighted by atomic mass is 9.86. The molecule has 2 aliphatic heterocycles. The first-order valence-electron chi connectivity index (χ1n) is 11.5. The molecule has 1 unspecified atom stereocenters. The Morgan fingerprint density at radius 2 is 1.90 bits per heavy atom. The van der Waals surface area contributed by atoms with Gasteiger partial charge in [0.2, 0.25) is 0 Å². The SMILES string of the molecule is O=C(NC(c1cccc(Cl)c1)[C@@H]1CCCN(CCc2ccccc2)C1)N1CCNCC1. The van der Waals surface area contributed by atoms with Crippen LogP contribution in [0, 0.1) is 5.92 Å². The molecule has 31 heavy (non-hydrogen) atoms. The van der Waals surface area contributed by atoms with Crippen molar-refractivity contribution < 1.29 is 4.79 Å². The van der Waals surface area contributed by atoms with Crippen molar-refractivity contribution >= 4 is 17.6 Å². The fourth-order valence-corrected chi connectivity index (χ4v) is 4.96. The van der Waals surface area contributed by atoms with Crippen molar-refractivity contribution in [1.29, 1.82) is 0 Å². The van der Waals surface area contributed by atoms with E-state index in [4.69, 9.17) is 11.6 Å². The third-order valence-electron chi connectivity index (χ3n) is 6.46. The lowest BCUT2D eigenvalue weighted by molar-refractivity contribution is 0.139. The number of piperazine rings is 1. The molecule has 2 N–H and O–H groups in total. The van der Waals surface area contributed by atoms with E-state index in [1.54, 1.807) is 0 Å². The molecule has 6 heteroatoms. The van der Waals surface area contributed by atoms with Gasteiger partial charge in [0, 0.05) is 44.3 Å². The number of hydrogen-bond donors (Lipinski definition) is 2. The van der Waals surface area contributed by atoms with Gasteiger partial charge in [0.1, 0.15) is 0 Å². The molecule has 4 rings (SSSR count). The molecule has 166 valence electrons. The molecule has 2 fully saturated rings. The van der Waals surface area contributed by atoms with Crippen molar-refractivity contribution in [3.63, 3.8) is 0 Å². The molecule has 5 nitrogen and oxygen atoms in total. The van der Waals surface area contributed by atoms with E-state index >= 15 is 0 Å². The average molecular weight is 441 g/mol. The Balaban J connectivity index is 1.45. The number of urea groups is 1. The lowest BCUT2D eigenvalue weighted by Crippen LogP contribution is -2.52. The van der Waals surface area contributed by atoms with Crippen molar-refractivity contribution in [2.75, 3.05) is 45.8 Å². The van der Waals surface area contributed by atoms with Crippen LogP contribution in [0.1, 0.15) is 30.0 Å². The van der Waals surface area contributed by atoms with E-state index < -0.39 is 0 Å². The van der Waals surface area contributed by atoms with Crippen LogP contribution in [-0.2, 0) is 6.42 Å². The molecule has 0 saturated carbocycles. The molecule has 0 aromatic heterocycles. The van der Waals surface area contributed by atoms with Crippen LogP contribution in [0.3, 0.4) is 0 Å². The molecule has 2 aromatic rings. The van der Waals surface area contributed by atoms with Crippen molar-refractivity contribution in [2.24, 2.45) is 5.92 Å². The number of hydrogen-bond acceptors (Lipinski definition) is 3. The highest BCUT2D eigenvalue weighted by atomic mass is 35.5. The molecular weight excluding hydrogens is 408 g/mol. The van der Waals surface area contributed by atoms with Gasteiger partial charge < -0.3 is 20.4 Å². The normalized spacial score (nSPS) is 20.9. The van der Waals surface area contributed by atoms with Gasteiger partial charge in [0.05, 0.1) is 6.04 Å². The number of rotatable bonds is 6. The summed E-state index contributed by atoms with van der Waals surface area (Å²) < 4.78 is 0. The summed E-state index contributed by atoms with van der Waals surface area (Å²) in [6.07, 6.45) is 3.32. The predicted octanol–water partition coefficient (Wildman–Crippen LogP) is 3.95. The van der Waals surface area contributed by atoms with E-state index in [1.165, 1.54) is 5.56 Å². The minimum absolute atomic E-state index is 0.0272. The first kappa shape index (κ1) is 22.1. The van der Waals surface area contributed by atoms with E-state index in [1.807, 2.05) is 23.1 Å². The van der Waals surface area contributed by atoms with E-state index in [9.17, 15) is 4.79 Å². The smallest absolute Gasteiger partial charge is 0.317 e. The van der Waals surface area contributed by atoms with Crippen LogP contribution in [0.5, 0.6) is 0 Å². The van der Waals surface area contributed by atoms with E-state index in [0.717, 1.165) is 75.7 Å². The van der Waals surface area contributed by atoms with Crippen molar-refractivity contribution in [1.82, 2.24) is 20.4 Å². The molecule has 2 aromatic carbocycles. The number of piperidine rings is 1. The highest BCUT2D eigenvalue weighted by molar-refractivity contribution is 6.30. The van der Waals surface area contributed by atoms with Crippen molar-refractivity contribution in [3.05, 3.63) is 70.7 Å². The number of nitrogens with one attached hydrogen (secondary N) is 2. The van der Waals surface area contributed by atoms with E-state index in [0.29, 0.717) is 5.92 Å². The second kappa shape index (κ2) is 11.0. The van der Waals surface area contributed by atoms with Crippen LogP contribution >= 0.6 is 11.6 Å². The van der Waals surface area contributed by atoms with Crippen molar-refractivity contribution in [3.8, 4) is 0 Å². The minimum atomic E-state index is -0.0272. The van der Waals surface area contributed by atoms with Crippen LogP contribution in [0.2, 0.25) is 5.02 Å². The third-order valence-corrected chi connectivity index (χ3v) is 6.70. The van der Waals surface area contributed by atoms with Crippen LogP contribution in [-0.4, -0.2) is 61.6 Å². The molecule has 0 aliphatic carbocycles. The molecule has 2 atom stereocenters. The number of nitrogens with zero attached hydrogens (tertiary/aromatic N) is 2. The summed E-state index contributed by atoms with van der Waals surface area (Å²) in [5.41, 5.74) is 2.48. The Kier molecular flexibility index (Phi) is 7.84. The number of carbonyl (C=O) groups is 1. The van der Waals surface area contributed by atoms with Gasteiger partial charge in [-0.05, 0) is 55.0 Å². The van der Waals surface area contributed by atoms with Crippen LogP contribution in [0.4, 0.5) is 4.79 Å². The zero-order chi connectivity index (χ0) is 21.5. The van der Waals surface area contributed by atoms with Crippen LogP contribution in [0.15, 0.2) is 54.6 Å². The monoisotopic (exact) mass is 440 g/mol. The molecule has 2 saturated heterocycles. The highest BCUT2D eigenvalue weighted by Gasteiger charge is 2.31. The Hall–Kier alpha value is -2.08. The molecular formula is C25H33ClN4O. The number of amides is 2. The number of carbonyl (C=O) groups excluding carboxylic acids is 1. The molecule has 2 aliphatic rings. The van der Waals surface area contributed by atoms with Crippen molar-refractivity contribution in [2.45, 2.75) is 25.3 Å². The Morgan fingerprint density at radius 1 is 1.10 bits per heavy atom. The topological polar surface area (TPSA) is 47.6 Å². The van der Waals surface area contributed by atoms with Gasteiger partial charge in [0.15, 0.2) is 0 Å². The zero-order valence-corrected chi connectivity index (χ0v) is 18.9. The second-order valence-electron chi connectivity index (χ2n) is 8.66.